The van der Waals surface area contributed by atoms with Crippen molar-refractivity contribution in [2.45, 2.75) is 45.7 Å². The predicted octanol–water partition coefficient (Wildman–Crippen LogP) is 7.85. The summed E-state index contributed by atoms with van der Waals surface area (Å²) in [7, 11) is -3.79. The molecule has 172 valence electrons. The number of nitrogens with one attached hydrogen (secondary N) is 1. The van der Waals surface area contributed by atoms with Gasteiger partial charge in [0.15, 0.2) is 5.78 Å². The first-order chi connectivity index (χ1) is 15.8. The molecule has 0 aliphatic rings. The maximum absolute atomic E-state index is 14.4. The standard InChI is InChI=1S/C27H30NO4P/c1-18(2)31-33(30,32-19(3)4)27(26-24-12-8-7-10-21(24)14-16-25(26)29)28-23-15-13-20-9-5-6-11-22(20)17-23/h5-19,27-29H,1-4H3/t27-/m1/s1. The lowest BCUT2D eigenvalue weighted by Crippen LogP contribution is -2.19. The van der Waals surface area contributed by atoms with Crippen LogP contribution >= 0.6 is 7.60 Å². The van der Waals surface area contributed by atoms with Gasteiger partial charge in [-0.05, 0) is 67.4 Å². The predicted molar refractivity (Wildman–Crippen MR) is 136 cm³/mol. The SMILES string of the molecule is CC(C)OP(=O)(OC(C)C)[C@@H](Nc1ccc2ccccc2c1)c1c(O)ccc2ccccc12. The fourth-order valence-corrected chi connectivity index (χ4v) is 6.42. The number of rotatable bonds is 8. The molecule has 1 atom stereocenters. The molecule has 6 heteroatoms. The molecule has 4 aromatic rings. The van der Waals surface area contributed by atoms with E-state index in [1.807, 2.05) is 100 Å². The van der Waals surface area contributed by atoms with Gasteiger partial charge >= 0.3 is 7.60 Å². The van der Waals surface area contributed by atoms with Crippen LogP contribution in [0.5, 0.6) is 5.75 Å². The Labute approximate surface area is 194 Å². The van der Waals surface area contributed by atoms with Gasteiger partial charge in [0, 0.05) is 11.3 Å². The molecule has 0 aliphatic heterocycles. The molecule has 0 saturated heterocycles. The van der Waals surface area contributed by atoms with Crippen molar-refractivity contribution >= 4 is 34.8 Å². The molecule has 0 aromatic heterocycles. The fourth-order valence-electron chi connectivity index (χ4n) is 4.05. The highest BCUT2D eigenvalue weighted by Gasteiger charge is 2.41. The Hall–Kier alpha value is -2.85. The third-order valence-corrected chi connectivity index (χ3v) is 7.76. The van der Waals surface area contributed by atoms with Gasteiger partial charge in [-0.1, -0.05) is 60.7 Å². The average molecular weight is 464 g/mol. The highest BCUT2D eigenvalue weighted by atomic mass is 31.2. The lowest BCUT2D eigenvalue weighted by Gasteiger charge is -2.32. The highest BCUT2D eigenvalue weighted by Crippen LogP contribution is 2.64. The Kier molecular flexibility index (Phi) is 6.76. The second-order valence-corrected chi connectivity index (χ2v) is 10.7. The average Bonchev–Trinajstić information content (AvgIpc) is 2.76. The third kappa shape index (κ3) is 5.06. The maximum atomic E-state index is 14.4. The van der Waals surface area contributed by atoms with E-state index in [4.69, 9.17) is 9.05 Å². The van der Waals surface area contributed by atoms with Gasteiger partial charge in [-0.3, -0.25) is 4.57 Å². The minimum atomic E-state index is -3.79. The van der Waals surface area contributed by atoms with Crippen molar-refractivity contribution in [3.8, 4) is 5.75 Å². The van der Waals surface area contributed by atoms with Crippen molar-refractivity contribution in [1.29, 1.82) is 0 Å². The zero-order chi connectivity index (χ0) is 23.6. The first-order valence-corrected chi connectivity index (χ1v) is 12.8. The summed E-state index contributed by atoms with van der Waals surface area (Å²) in [5, 5.41) is 18.3. The van der Waals surface area contributed by atoms with Crippen LogP contribution in [-0.2, 0) is 13.6 Å². The van der Waals surface area contributed by atoms with Gasteiger partial charge in [0.1, 0.15) is 5.75 Å². The van der Waals surface area contributed by atoms with E-state index in [1.54, 1.807) is 6.07 Å². The van der Waals surface area contributed by atoms with Crippen LogP contribution in [0.4, 0.5) is 5.69 Å². The number of anilines is 1. The van der Waals surface area contributed by atoms with E-state index in [-0.39, 0.29) is 18.0 Å². The van der Waals surface area contributed by atoms with Crippen molar-refractivity contribution in [3.63, 3.8) is 0 Å². The van der Waals surface area contributed by atoms with Crippen molar-refractivity contribution in [2.75, 3.05) is 5.32 Å². The van der Waals surface area contributed by atoms with Crippen LogP contribution in [0.1, 0.15) is 39.0 Å². The molecule has 0 spiro atoms. The molecular weight excluding hydrogens is 433 g/mol. The molecule has 0 bridgehead atoms. The molecule has 5 nitrogen and oxygen atoms in total. The summed E-state index contributed by atoms with van der Waals surface area (Å²) in [6.07, 6.45) is -0.680. The van der Waals surface area contributed by atoms with Crippen molar-refractivity contribution < 1.29 is 18.7 Å². The molecule has 0 unspecified atom stereocenters. The zero-order valence-corrected chi connectivity index (χ0v) is 20.3. The topological polar surface area (TPSA) is 67.8 Å². The Bertz CT molecular complexity index is 1300. The second kappa shape index (κ2) is 9.56. The minimum absolute atomic E-state index is 0.0342. The lowest BCUT2D eigenvalue weighted by atomic mass is 10.0. The Morgan fingerprint density at radius 3 is 2.00 bits per heavy atom. The molecule has 0 heterocycles. The van der Waals surface area contributed by atoms with Crippen molar-refractivity contribution in [2.24, 2.45) is 0 Å². The van der Waals surface area contributed by atoms with Gasteiger partial charge in [-0.2, -0.15) is 0 Å². The molecule has 0 amide bonds. The van der Waals surface area contributed by atoms with Crippen LogP contribution in [0.15, 0.2) is 78.9 Å². The molecule has 0 saturated carbocycles. The first-order valence-electron chi connectivity index (χ1n) is 11.2. The normalized spacial score (nSPS) is 13.2. The summed E-state index contributed by atoms with van der Waals surface area (Å²) < 4.78 is 26.4. The van der Waals surface area contributed by atoms with E-state index in [0.29, 0.717) is 5.56 Å². The lowest BCUT2D eigenvalue weighted by molar-refractivity contribution is 0.138. The monoisotopic (exact) mass is 463 g/mol. The molecule has 0 aliphatic carbocycles. The van der Waals surface area contributed by atoms with Gasteiger partial charge in [0.2, 0.25) is 0 Å². The van der Waals surface area contributed by atoms with Crippen LogP contribution < -0.4 is 5.32 Å². The second-order valence-electron chi connectivity index (χ2n) is 8.68. The zero-order valence-electron chi connectivity index (χ0n) is 19.4. The van der Waals surface area contributed by atoms with Crippen LogP contribution in [0.25, 0.3) is 21.5 Å². The number of benzene rings is 4. The smallest absolute Gasteiger partial charge is 0.357 e. The molecule has 4 rings (SSSR count). The van der Waals surface area contributed by atoms with Gasteiger partial charge in [-0.25, -0.2) is 0 Å². The summed E-state index contributed by atoms with van der Waals surface area (Å²) in [6, 6.07) is 25.2. The van der Waals surface area contributed by atoms with Gasteiger partial charge in [-0.15, -0.1) is 0 Å². The molecule has 4 aromatic carbocycles. The Morgan fingerprint density at radius 2 is 1.33 bits per heavy atom. The summed E-state index contributed by atoms with van der Waals surface area (Å²) in [4.78, 5) is 0. The largest absolute Gasteiger partial charge is 0.508 e. The quantitative estimate of drug-likeness (QED) is 0.260. The maximum Gasteiger partial charge on any atom is 0.357 e. The number of hydrogen-bond acceptors (Lipinski definition) is 5. The van der Waals surface area contributed by atoms with Gasteiger partial charge < -0.3 is 19.5 Å². The first kappa shape index (κ1) is 23.3. The number of phenols is 1. The molecule has 0 radical (unpaired) electrons. The van der Waals surface area contributed by atoms with Gasteiger partial charge in [0.05, 0.1) is 12.2 Å². The van der Waals surface area contributed by atoms with Crippen molar-refractivity contribution in [3.05, 3.63) is 84.4 Å². The summed E-state index contributed by atoms with van der Waals surface area (Å²) in [5.41, 5.74) is 1.25. The summed E-state index contributed by atoms with van der Waals surface area (Å²) in [5.74, 6) is -0.888. The van der Waals surface area contributed by atoms with Crippen LogP contribution in [0.2, 0.25) is 0 Å². The van der Waals surface area contributed by atoms with Gasteiger partial charge in [0.25, 0.3) is 0 Å². The van der Waals surface area contributed by atoms with E-state index < -0.39 is 13.4 Å². The molecular formula is C27H30NO4P. The third-order valence-electron chi connectivity index (χ3n) is 5.31. The summed E-state index contributed by atoms with van der Waals surface area (Å²) in [6.45, 7) is 7.30. The minimum Gasteiger partial charge on any atom is -0.508 e. The number of fused-ring (bicyclic) bond motifs is 2. The molecule has 33 heavy (non-hydrogen) atoms. The van der Waals surface area contributed by atoms with Crippen molar-refractivity contribution in [1.82, 2.24) is 0 Å². The molecule has 0 fully saturated rings. The highest BCUT2D eigenvalue weighted by molar-refractivity contribution is 7.54. The summed E-state index contributed by atoms with van der Waals surface area (Å²) >= 11 is 0. The fraction of sp³-hybridized carbons (Fsp3) is 0.259. The van der Waals surface area contributed by atoms with E-state index >= 15 is 0 Å². The Balaban J connectivity index is 1.92. The van der Waals surface area contributed by atoms with E-state index in [0.717, 1.165) is 27.2 Å². The number of phenolic OH excluding ortho intramolecular Hbond substituents is 1. The van der Waals surface area contributed by atoms with E-state index in [2.05, 4.69) is 5.32 Å². The van der Waals surface area contributed by atoms with Crippen LogP contribution in [-0.4, -0.2) is 17.3 Å². The number of aromatic hydroxyl groups is 1. The molecule has 2 N–H and O–H groups in total. The van der Waals surface area contributed by atoms with Crippen LogP contribution in [0, 0.1) is 0 Å². The number of hydrogen-bond donors (Lipinski definition) is 2. The van der Waals surface area contributed by atoms with E-state index in [1.165, 1.54) is 0 Å². The Morgan fingerprint density at radius 1 is 0.758 bits per heavy atom. The van der Waals surface area contributed by atoms with E-state index in [9.17, 15) is 9.67 Å². The van der Waals surface area contributed by atoms with Crippen LogP contribution in [0.3, 0.4) is 0 Å².